The van der Waals surface area contributed by atoms with Crippen molar-refractivity contribution < 1.29 is 14.3 Å². The number of carbonyl (C=O) groups is 1. The molecule has 0 fully saturated rings. The van der Waals surface area contributed by atoms with E-state index < -0.39 is 5.91 Å². The fourth-order valence-corrected chi connectivity index (χ4v) is 2.93. The van der Waals surface area contributed by atoms with Crippen LogP contribution in [0, 0.1) is 18.3 Å². The van der Waals surface area contributed by atoms with Gasteiger partial charge in [-0.25, -0.2) is 0 Å². The molecule has 0 radical (unpaired) electrons. The SMILES string of the molecule is CCOc1cc(/C=C(/C#N)C(N)=O)cc(Br)c1OCc1cccc(C)c1. The normalized spacial score (nSPS) is 10.9. The minimum Gasteiger partial charge on any atom is -0.490 e. The van der Waals surface area contributed by atoms with Gasteiger partial charge in [-0.15, -0.1) is 0 Å². The van der Waals surface area contributed by atoms with Crippen LogP contribution < -0.4 is 15.2 Å². The highest BCUT2D eigenvalue weighted by Crippen LogP contribution is 2.38. The van der Waals surface area contributed by atoms with Gasteiger partial charge in [0.25, 0.3) is 5.91 Å². The number of halogens is 1. The van der Waals surface area contributed by atoms with Crippen LogP contribution in [-0.2, 0) is 11.4 Å². The van der Waals surface area contributed by atoms with Crippen molar-refractivity contribution >= 4 is 27.9 Å². The number of amides is 1. The summed E-state index contributed by atoms with van der Waals surface area (Å²) in [6.07, 6.45) is 1.42. The summed E-state index contributed by atoms with van der Waals surface area (Å²) in [5, 5.41) is 9.00. The number of hydrogen-bond acceptors (Lipinski definition) is 4. The van der Waals surface area contributed by atoms with E-state index in [0.717, 1.165) is 11.1 Å². The van der Waals surface area contributed by atoms with Gasteiger partial charge >= 0.3 is 0 Å². The Hall–Kier alpha value is -2.78. The van der Waals surface area contributed by atoms with Crippen molar-refractivity contribution in [1.29, 1.82) is 5.26 Å². The van der Waals surface area contributed by atoms with Crippen molar-refractivity contribution in [3.8, 4) is 17.6 Å². The molecule has 26 heavy (non-hydrogen) atoms. The first-order valence-corrected chi connectivity index (χ1v) is 8.80. The summed E-state index contributed by atoms with van der Waals surface area (Å²) in [6.45, 7) is 4.73. The van der Waals surface area contributed by atoms with E-state index in [9.17, 15) is 4.79 Å². The number of aryl methyl sites for hydroxylation is 1. The van der Waals surface area contributed by atoms with E-state index in [2.05, 4.69) is 22.0 Å². The third kappa shape index (κ3) is 5.11. The lowest BCUT2D eigenvalue weighted by Crippen LogP contribution is -2.12. The Kier molecular flexibility index (Phi) is 6.81. The summed E-state index contributed by atoms with van der Waals surface area (Å²) in [5.41, 5.74) is 7.87. The van der Waals surface area contributed by atoms with Gasteiger partial charge in [0.1, 0.15) is 18.2 Å². The highest BCUT2D eigenvalue weighted by Gasteiger charge is 2.13. The number of nitrogens with two attached hydrogens (primary N) is 1. The Morgan fingerprint density at radius 3 is 2.69 bits per heavy atom. The molecule has 0 spiro atoms. The predicted octanol–water partition coefficient (Wildman–Crippen LogP) is 4.13. The van der Waals surface area contributed by atoms with Gasteiger partial charge in [0.15, 0.2) is 11.5 Å². The largest absolute Gasteiger partial charge is 0.490 e. The van der Waals surface area contributed by atoms with Crippen LogP contribution in [0.15, 0.2) is 46.4 Å². The van der Waals surface area contributed by atoms with Gasteiger partial charge in [-0.05, 0) is 59.1 Å². The molecular formula is C20H19BrN2O3. The van der Waals surface area contributed by atoms with Crippen molar-refractivity contribution in [1.82, 2.24) is 0 Å². The first-order chi connectivity index (χ1) is 12.4. The summed E-state index contributed by atoms with van der Waals surface area (Å²) < 4.78 is 12.3. The molecule has 0 saturated heterocycles. The van der Waals surface area contributed by atoms with Crippen LogP contribution >= 0.6 is 15.9 Å². The quantitative estimate of drug-likeness (QED) is 0.545. The molecule has 0 atom stereocenters. The van der Waals surface area contributed by atoms with E-state index in [1.807, 2.05) is 32.0 Å². The lowest BCUT2D eigenvalue weighted by molar-refractivity contribution is -0.114. The van der Waals surface area contributed by atoms with Crippen molar-refractivity contribution in [2.24, 2.45) is 5.73 Å². The minimum atomic E-state index is -0.777. The van der Waals surface area contributed by atoms with Crippen LogP contribution in [0.5, 0.6) is 11.5 Å². The maximum absolute atomic E-state index is 11.2. The Morgan fingerprint density at radius 1 is 1.31 bits per heavy atom. The molecule has 0 aliphatic rings. The number of benzene rings is 2. The van der Waals surface area contributed by atoms with Crippen LogP contribution in [-0.4, -0.2) is 12.5 Å². The monoisotopic (exact) mass is 414 g/mol. The highest BCUT2D eigenvalue weighted by atomic mass is 79.9. The molecule has 5 nitrogen and oxygen atoms in total. The van der Waals surface area contributed by atoms with Crippen molar-refractivity contribution in [2.45, 2.75) is 20.5 Å². The average Bonchev–Trinajstić information content (AvgIpc) is 2.59. The van der Waals surface area contributed by atoms with E-state index in [4.69, 9.17) is 20.5 Å². The van der Waals surface area contributed by atoms with Crippen LogP contribution in [0.4, 0.5) is 0 Å². The maximum atomic E-state index is 11.2. The lowest BCUT2D eigenvalue weighted by atomic mass is 10.1. The van der Waals surface area contributed by atoms with E-state index in [1.165, 1.54) is 6.08 Å². The van der Waals surface area contributed by atoms with Gasteiger partial charge in [-0.2, -0.15) is 5.26 Å². The molecule has 1 amide bonds. The zero-order valence-corrected chi connectivity index (χ0v) is 16.2. The molecule has 2 aromatic carbocycles. The van der Waals surface area contributed by atoms with E-state index in [0.29, 0.717) is 34.7 Å². The number of nitrogens with zero attached hydrogens (tertiary/aromatic N) is 1. The third-order valence-corrected chi connectivity index (χ3v) is 4.08. The second-order valence-electron chi connectivity index (χ2n) is 5.57. The number of primary amides is 1. The lowest BCUT2D eigenvalue weighted by Gasteiger charge is -2.15. The van der Waals surface area contributed by atoms with Gasteiger partial charge in [0.2, 0.25) is 0 Å². The molecule has 0 aromatic heterocycles. The average molecular weight is 415 g/mol. The second-order valence-corrected chi connectivity index (χ2v) is 6.43. The van der Waals surface area contributed by atoms with Gasteiger partial charge < -0.3 is 15.2 Å². The van der Waals surface area contributed by atoms with E-state index in [1.54, 1.807) is 18.2 Å². The molecule has 2 N–H and O–H groups in total. The van der Waals surface area contributed by atoms with Crippen LogP contribution in [0.3, 0.4) is 0 Å². The van der Waals surface area contributed by atoms with Crippen LogP contribution in [0.25, 0.3) is 6.08 Å². The molecule has 0 saturated carbocycles. The van der Waals surface area contributed by atoms with Crippen LogP contribution in [0.2, 0.25) is 0 Å². The number of carbonyl (C=O) groups excluding carboxylic acids is 1. The summed E-state index contributed by atoms with van der Waals surface area (Å²) in [5.74, 6) is 0.298. The van der Waals surface area contributed by atoms with Crippen molar-refractivity contribution in [3.05, 3.63) is 63.1 Å². The van der Waals surface area contributed by atoms with Gasteiger partial charge in [-0.1, -0.05) is 29.8 Å². The summed E-state index contributed by atoms with van der Waals surface area (Å²) in [6, 6.07) is 13.3. The highest BCUT2D eigenvalue weighted by molar-refractivity contribution is 9.10. The van der Waals surface area contributed by atoms with Crippen LogP contribution in [0.1, 0.15) is 23.6 Å². The number of nitriles is 1. The summed E-state index contributed by atoms with van der Waals surface area (Å²) in [4.78, 5) is 11.2. The molecule has 0 heterocycles. The van der Waals surface area contributed by atoms with E-state index >= 15 is 0 Å². The molecule has 2 aromatic rings. The molecule has 0 aliphatic heterocycles. The predicted molar refractivity (Wildman–Crippen MR) is 104 cm³/mol. The molecule has 0 bridgehead atoms. The summed E-state index contributed by atoms with van der Waals surface area (Å²) in [7, 11) is 0. The van der Waals surface area contributed by atoms with Gasteiger partial charge in [-0.3, -0.25) is 4.79 Å². The zero-order valence-electron chi connectivity index (χ0n) is 14.6. The maximum Gasteiger partial charge on any atom is 0.259 e. The molecule has 0 aliphatic carbocycles. The fourth-order valence-electron chi connectivity index (χ4n) is 2.36. The second kappa shape index (κ2) is 9.07. The molecule has 0 unspecified atom stereocenters. The van der Waals surface area contributed by atoms with Gasteiger partial charge in [0.05, 0.1) is 11.1 Å². The van der Waals surface area contributed by atoms with E-state index in [-0.39, 0.29) is 5.57 Å². The number of ether oxygens (including phenoxy) is 2. The Balaban J connectivity index is 2.34. The third-order valence-electron chi connectivity index (χ3n) is 3.49. The Morgan fingerprint density at radius 2 is 2.08 bits per heavy atom. The standard InChI is InChI=1S/C20H19BrN2O3/c1-3-25-18-10-15(8-16(11-22)20(23)24)9-17(21)19(18)26-12-14-6-4-5-13(2)7-14/h4-10H,3,12H2,1-2H3,(H2,23,24)/b16-8-. The van der Waals surface area contributed by atoms with Crippen molar-refractivity contribution in [3.63, 3.8) is 0 Å². The minimum absolute atomic E-state index is 0.132. The molecule has 2 rings (SSSR count). The number of hydrogen-bond donors (Lipinski definition) is 1. The topological polar surface area (TPSA) is 85.3 Å². The van der Waals surface area contributed by atoms with Crippen molar-refractivity contribution in [2.75, 3.05) is 6.61 Å². The first-order valence-electron chi connectivity index (χ1n) is 8.01. The zero-order chi connectivity index (χ0) is 19.1. The summed E-state index contributed by atoms with van der Waals surface area (Å²) >= 11 is 3.47. The Labute approximate surface area is 161 Å². The smallest absolute Gasteiger partial charge is 0.259 e. The molecular weight excluding hydrogens is 396 g/mol. The Bertz CT molecular complexity index is 885. The molecule has 6 heteroatoms. The molecule has 134 valence electrons. The first kappa shape index (κ1) is 19.5. The van der Waals surface area contributed by atoms with Gasteiger partial charge in [0, 0.05) is 0 Å². The fraction of sp³-hybridized carbons (Fsp3) is 0.200. The number of rotatable bonds is 7.